The van der Waals surface area contributed by atoms with E-state index in [1.54, 1.807) is 6.07 Å². The van der Waals surface area contributed by atoms with Crippen molar-refractivity contribution in [2.24, 2.45) is 0 Å². The molecule has 0 aliphatic carbocycles. The van der Waals surface area contributed by atoms with Crippen molar-refractivity contribution in [3.63, 3.8) is 0 Å². The van der Waals surface area contributed by atoms with Crippen molar-refractivity contribution in [3.8, 4) is 0 Å². The van der Waals surface area contributed by atoms with Crippen LogP contribution < -0.4 is 5.32 Å². The Kier molecular flexibility index (Phi) is 8.12. The van der Waals surface area contributed by atoms with Crippen LogP contribution in [0.25, 0.3) is 0 Å². The maximum atomic E-state index is 13.5. The molecule has 1 saturated heterocycles. The molecule has 0 radical (unpaired) electrons. The second-order valence-corrected chi connectivity index (χ2v) is 5.35. The first-order valence-electron chi connectivity index (χ1n) is 7.51. The van der Waals surface area contributed by atoms with Gasteiger partial charge in [0.15, 0.2) is 0 Å². The lowest BCUT2D eigenvalue weighted by Crippen LogP contribution is -2.45. The molecule has 1 N–H and O–H groups in total. The van der Waals surface area contributed by atoms with E-state index in [2.05, 4.69) is 23.2 Å². The molecule has 0 spiro atoms. The predicted molar refractivity (Wildman–Crippen MR) is 85.0 cm³/mol. The van der Waals surface area contributed by atoms with Gasteiger partial charge >= 0.3 is 0 Å². The molecule has 2 nitrogen and oxygen atoms in total. The number of rotatable bonds is 6. The van der Waals surface area contributed by atoms with Gasteiger partial charge in [-0.15, -0.1) is 12.4 Å². The first-order valence-corrected chi connectivity index (χ1v) is 7.51. The fraction of sp³-hybridized carbons (Fsp3) is 0.625. The van der Waals surface area contributed by atoms with E-state index in [9.17, 15) is 4.39 Å². The molecular weight excluding hydrogens is 275 g/mol. The van der Waals surface area contributed by atoms with Gasteiger partial charge in [0.05, 0.1) is 0 Å². The molecule has 0 saturated carbocycles. The first kappa shape index (κ1) is 17.4. The van der Waals surface area contributed by atoms with E-state index < -0.39 is 0 Å². The second-order valence-electron chi connectivity index (χ2n) is 5.35. The fourth-order valence-corrected chi connectivity index (χ4v) is 2.86. The fourth-order valence-electron chi connectivity index (χ4n) is 2.86. The zero-order valence-corrected chi connectivity index (χ0v) is 13.1. The third-order valence-corrected chi connectivity index (χ3v) is 3.91. The highest BCUT2D eigenvalue weighted by atomic mass is 35.5. The van der Waals surface area contributed by atoms with Crippen molar-refractivity contribution in [3.05, 3.63) is 35.6 Å². The van der Waals surface area contributed by atoms with Gasteiger partial charge in [-0.2, -0.15) is 0 Å². The summed E-state index contributed by atoms with van der Waals surface area (Å²) in [6.45, 7) is 6.43. The molecule has 0 amide bonds. The summed E-state index contributed by atoms with van der Waals surface area (Å²) in [6, 6.07) is 7.52. The number of piperazine rings is 1. The van der Waals surface area contributed by atoms with E-state index in [4.69, 9.17) is 0 Å². The Labute approximate surface area is 128 Å². The summed E-state index contributed by atoms with van der Waals surface area (Å²) in [6.07, 6.45) is 4.86. The molecule has 1 aliphatic heterocycles. The molecule has 1 fully saturated rings. The van der Waals surface area contributed by atoms with Gasteiger partial charge in [0, 0.05) is 32.2 Å². The molecule has 2 rings (SSSR count). The van der Waals surface area contributed by atoms with Gasteiger partial charge in [-0.1, -0.05) is 38.3 Å². The van der Waals surface area contributed by atoms with Crippen molar-refractivity contribution < 1.29 is 4.39 Å². The zero-order valence-electron chi connectivity index (χ0n) is 12.3. The topological polar surface area (TPSA) is 15.3 Å². The Morgan fingerprint density at radius 1 is 1.25 bits per heavy atom. The van der Waals surface area contributed by atoms with Crippen LogP contribution >= 0.6 is 12.4 Å². The minimum Gasteiger partial charge on any atom is -0.314 e. The third kappa shape index (κ3) is 5.04. The molecule has 0 unspecified atom stereocenters. The Hall–Kier alpha value is -0.640. The largest absolute Gasteiger partial charge is 0.314 e. The van der Waals surface area contributed by atoms with Crippen molar-refractivity contribution in [2.45, 2.75) is 38.6 Å². The van der Waals surface area contributed by atoms with Crippen LogP contribution in [0.4, 0.5) is 4.39 Å². The summed E-state index contributed by atoms with van der Waals surface area (Å²) in [4.78, 5) is 2.50. The van der Waals surface area contributed by atoms with Crippen LogP contribution in [0.1, 0.15) is 44.2 Å². The van der Waals surface area contributed by atoms with Crippen molar-refractivity contribution in [2.75, 3.05) is 26.2 Å². The van der Waals surface area contributed by atoms with E-state index in [0.717, 1.165) is 38.2 Å². The lowest BCUT2D eigenvalue weighted by atomic mass is 9.98. The molecule has 1 aromatic carbocycles. The molecule has 1 aliphatic rings. The van der Waals surface area contributed by atoms with Crippen molar-refractivity contribution in [1.82, 2.24) is 10.2 Å². The maximum absolute atomic E-state index is 13.5. The summed E-state index contributed by atoms with van der Waals surface area (Å²) in [5.41, 5.74) is 1.14. The van der Waals surface area contributed by atoms with Crippen LogP contribution in [0.2, 0.25) is 0 Å². The number of benzene rings is 1. The van der Waals surface area contributed by atoms with Gasteiger partial charge in [0.1, 0.15) is 5.82 Å². The standard InChI is InChI=1S/C16H25FN2.ClH/c1-2-3-4-8-16(19-11-9-18-10-12-19)14-6-5-7-15(17)13-14;/h5-7,13,16,18H,2-4,8-12H2,1H3;1H/t16-;/m0./s1. The molecule has 1 aromatic rings. The number of nitrogens with zero attached hydrogens (tertiary/aromatic N) is 1. The molecule has 114 valence electrons. The third-order valence-electron chi connectivity index (χ3n) is 3.91. The summed E-state index contributed by atoms with van der Waals surface area (Å²) in [5, 5.41) is 3.38. The van der Waals surface area contributed by atoms with Gasteiger partial charge in [-0.3, -0.25) is 4.90 Å². The number of halogens is 2. The second kappa shape index (κ2) is 9.32. The SMILES string of the molecule is CCCCC[C@@H](c1cccc(F)c1)N1CCNCC1.Cl. The number of unbranched alkanes of at least 4 members (excludes halogenated alkanes) is 2. The normalized spacial score (nSPS) is 17.5. The van der Waals surface area contributed by atoms with Crippen LogP contribution in [0.3, 0.4) is 0 Å². The Morgan fingerprint density at radius 3 is 2.65 bits per heavy atom. The monoisotopic (exact) mass is 300 g/mol. The van der Waals surface area contributed by atoms with Gasteiger partial charge in [-0.05, 0) is 24.1 Å². The summed E-state index contributed by atoms with van der Waals surface area (Å²) in [5.74, 6) is -0.117. The zero-order chi connectivity index (χ0) is 13.5. The minimum atomic E-state index is -0.117. The average molecular weight is 301 g/mol. The molecule has 1 atom stereocenters. The Balaban J connectivity index is 0.00000200. The molecule has 4 heteroatoms. The van der Waals surface area contributed by atoms with E-state index >= 15 is 0 Å². The van der Waals surface area contributed by atoms with Crippen LogP contribution in [0.15, 0.2) is 24.3 Å². The van der Waals surface area contributed by atoms with E-state index in [-0.39, 0.29) is 18.2 Å². The maximum Gasteiger partial charge on any atom is 0.123 e. The molecule has 0 bridgehead atoms. The van der Waals surface area contributed by atoms with Gasteiger partial charge in [0.2, 0.25) is 0 Å². The molecule has 20 heavy (non-hydrogen) atoms. The van der Waals surface area contributed by atoms with Crippen molar-refractivity contribution in [1.29, 1.82) is 0 Å². The van der Waals surface area contributed by atoms with Gasteiger partial charge in [0.25, 0.3) is 0 Å². The van der Waals surface area contributed by atoms with Gasteiger partial charge < -0.3 is 5.32 Å². The van der Waals surface area contributed by atoms with E-state index in [1.807, 2.05) is 6.07 Å². The highest BCUT2D eigenvalue weighted by molar-refractivity contribution is 5.85. The summed E-state index contributed by atoms with van der Waals surface area (Å²) in [7, 11) is 0. The number of nitrogens with one attached hydrogen (secondary N) is 1. The quantitative estimate of drug-likeness (QED) is 0.805. The lowest BCUT2D eigenvalue weighted by molar-refractivity contribution is 0.162. The van der Waals surface area contributed by atoms with Crippen LogP contribution in [0.5, 0.6) is 0 Å². The molecule has 1 heterocycles. The number of hydrogen-bond donors (Lipinski definition) is 1. The average Bonchev–Trinajstić information content (AvgIpc) is 2.45. The smallest absolute Gasteiger partial charge is 0.123 e. The van der Waals surface area contributed by atoms with Gasteiger partial charge in [-0.25, -0.2) is 4.39 Å². The van der Waals surface area contributed by atoms with Crippen LogP contribution in [-0.4, -0.2) is 31.1 Å². The van der Waals surface area contributed by atoms with Crippen LogP contribution in [-0.2, 0) is 0 Å². The minimum absolute atomic E-state index is 0. The number of hydrogen-bond acceptors (Lipinski definition) is 2. The Morgan fingerprint density at radius 2 is 2.00 bits per heavy atom. The van der Waals surface area contributed by atoms with E-state index in [1.165, 1.54) is 25.3 Å². The lowest BCUT2D eigenvalue weighted by Gasteiger charge is -2.35. The van der Waals surface area contributed by atoms with Crippen molar-refractivity contribution >= 4 is 12.4 Å². The Bertz CT molecular complexity index is 380. The molecular formula is C16H26ClFN2. The first-order chi connectivity index (χ1) is 9.31. The molecule has 0 aromatic heterocycles. The highest BCUT2D eigenvalue weighted by Gasteiger charge is 2.21. The summed E-state index contributed by atoms with van der Waals surface area (Å²) >= 11 is 0. The summed E-state index contributed by atoms with van der Waals surface area (Å²) < 4.78 is 13.5. The predicted octanol–water partition coefficient (Wildman–Crippen LogP) is 3.77. The van der Waals surface area contributed by atoms with Crippen LogP contribution in [0, 0.1) is 5.82 Å². The van der Waals surface area contributed by atoms with E-state index in [0.29, 0.717) is 6.04 Å². The highest BCUT2D eigenvalue weighted by Crippen LogP contribution is 2.27.